The fourth-order valence-electron chi connectivity index (χ4n) is 2.98. The Balaban J connectivity index is 2.57. The standard InChI is InChI=1S/C12H24O/c1-4-6-10-7-5-8-11(13)12(10)9(2)3/h9-13H,4-8H2,1-3H3. The van der Waals surface area contributed by atoms with Gasteiger partial charge < -0.3 is 5.11 Å². The Hall–Kier alpha value is -0.0400. The van der Waals surface area contributed by atoms with Gasteiger partial charge in [-0.05, 0) is 30.6 Å². The van der Waals surface area contributed by atoms with Crippen LogP contribution in [0.5, 0.6) is 0 Å². The van der Waals surface area contributed by atoms with Crippen molar-refractivity contribution in [2.24, 2.45) is 17.8 Å². The molecule has 0 heterocycles. The first-order valence-electron chi connectivity index (χ1n) is 5.84. The van der Waals surface area contributed by atoms with Gasteiger partial charge >= 0.3 is 0 Å². The van der Waals surface area contributed by atoms with Crippen molar-refractivity contribution in [2.75, 3.05) is 0 Å². The van der Waals surface area contributed by atoms with Crippen molar-refractivity contribution in [3.05, 3.63) is 0 Å². The summed E-state index contributed by atoms with van der Waals surface area (Å²) in [6, 6.07) is 0. The molecule has 0 aromatic heterocycles. The predicted octanol–water partition coefficient (Wildman–Crippen LogP) is 3.22. The molecule has 1 saturated carbocycles. The van der Waals surface area contributed by atoms with E-state index in [4.69, 9.17) is 0 Å². The Morgan fingerprint density at radius 3 is 2.54 bits per heavy atom. The highest BCUT2D eigenvalue weighted by atomic mass is 16.3. The van der Waals surface area contributed by atoms with E-state index in [1.54, 1.807) is 0 Å². The maximum absolute atomic E-state index is 9.94. The zero-order valence-corrected chi connectivity index (χ0v) is 9.29. The summed E-state index contributed by atoms with van der Waals surface area (Å²) in [5, 5.41) is 9.94. The molecule has 1 N–H and O–H groups in total. The summed E-state index contributed by atoms with van der Waals surface area (Å²) >= 11 is 0. The molecule has 1 heteroatoms. The second-order valence-corrected chi connectivity index (χ2v) is 4.87. The van der Waals surface area contributed by atoms with Crippen molar-refractivity contribution in [3.63, 3.8) is 0 Å². The molecule has 78 valence electrons. The molecule has 1 nitrogen and oxygen atoms in total. The molecule has 0 bridgehead atoms. The molecular weight excluding hydrogens is 160 g/mol. The van der Waals surface area contributed by atoms with Crippen LogP contribution in [0.15, 0.2) is 0 Å². The molecule has 0 saturated heterocycles. The van der Waals surface area contributed by atoms with Crippen molar-refractivity contribution < 1.29 is 5.11 Å². The molecule has 0 amide bonds. The van der Waals surface area contributed by atoms with Crippen LogP contribution < -0.4 is 0 Å². The van der Waals surface area contributed by atoms with Gasteiger partial charge in [0.25, 0.3) is 0 Å². The molecule has 0 spiro atoms. The molecule has 0 aromatic rings. The van der Waals surface area contributed by atoms with Gasteiger partial charge in [0.15, 0.2) is 0 Å². The van der Waals surface area contributed by atoms with Gasteiger partial charge in [0.2, 0.25) is 0 Å². The minimum absolute atomic E-state index is 0.0229. The Morgan fingerprint density at radius 1 is 1.31 bits per heavy atom. The van der Waals surface area contributed by atoms with Crippen LogP contribution in [0.4, 0.5) is 0 Å². The fourth-order valence-corrected chi connectivity index (χ4v) is 2.98. The molecule has 3 unspecified atom stereocenters. The average Bonchev–Trinajstić information content (AvgIpc) is 2.04. The highest BCUT2D eigenvalue weighted by Gasteiger charge is 2.33. The Labute approximate surface area is 82.5 Å². The number of rotatable bonds is 3. The summed E-state index contributed by atoms with van der Waals surface area (Å²) in [5.74, 6) is 1.99. The second-order valence-electron chi connectivity index (χ2n) is 4.87. The van der Waals surface area contributed by atoms with Crippen LogP contribution in [0.25, 0.3) is 0 Å². The van der Waals surface area contributed by atoms with Gasteiger partial charge in [-0.3, -0.25) is 0 Å². The molecule has 1 aliphatic rings. The lowest BCUT2D eigenvalue weighted by molar-refractivity contribution is 0.00408. The van der Waals surface area contributed by atoms with E-state index in [1.165, 1.54) is 25.7 Å². The van der Waals surface area contributed by atoms with E-state index in [1.807, 2.05) is 0 Å². The quantitative estimate of drug-likeness (QED) is 0.714. The van der Waals surface area contributed by atoms with Crippen molar-refractivity contribution >= 4 is 0 Å². The van der Waals surface area contributed by atoms with Crippen LogP contribution in [-0.4, -0.2) is 11.2 Å². The molecule has 0 aliphatic heterocycles. The van der Waals surface area contributed by atoms with Crippen molar-refractivity contribution in [3.8, 4) is 0 Å². The van der Waals surface area contributed by atoms with Crippen molar-refractivity contribution in [1.29, 1.82) is 0 Å². The van der Waals surface area contributed by atoms with Crippen LogP contribution in [0.1, 0.15) is 52.9 Å². The van der Waals surface area contributed by atoms with Crippen LogP contribution in [0, 0.1) is 17.8 Å². The molecule has 13 heavy (non-hydrogen) atoms. The smallest absolute Gasteiger partial charge is 0.0573 e. The lowest BCUT2D eigenvalue weighted by atomic mass is 9.70. The Kier molecular flexibility index (Phi) is 4.24. The van der Waals surface area contributed by atoms with E-state index in [0.29, 0.717) is 11.8 Å². The van der Waals surface area contributed by atoms with Gasteiger partial charge in [0, 0.05) is 0 Å². The molecule has 3 atom stereocenters. The van der Waals surface area contributed by atoms with E-state index in [0.717, 1.165) is 12.3 Å². The summed E-state index contributed by atoms with van der Waals surface area (Å²) in [4.78, 5) is 0. The topological polar surface area (TPSA) is 20.2 Å². The summed E-state index contributed by atoms with van der Waals surface area (Å²) < 4.78 is 0. The molecule has 1 rings (SSSR count). The average molecular weight is 184 g/mol. The van der Waals surface area contributed by atoms with Crippen LogP contribution in [0.3, 0.4) is 0 Å². The van der Waals surface area contributed by atoms with Gasteiger partial charge in [0.05, 0.1) is 6.10 Å². The summed E-state index contributed by atoms with van der Waals surface area (Å²) in [6.07, 6.45) is 6.15. The molecule has 1 fully saturated rings. The predicted molar refractivity (Wildman–Crippen MR) is 56.6 cm³/mol. The van der Waals surface area contributed by atoms with Crippen molar-refractivity contribution in [1.82, 2.24) is 0 Å². The summed E-state index contributed by atoms with van der Waals surface area (Å²) in [5.41, 5.74) is 0. The number of aliphatic hydroxyl groups is 1. The maximum atomic E-state index is 9.94. The van der Waals surface area contributed by atoms with Gasteiger partial charge in [-0.15, -0.1) is 0 Å². The lowest BCUT2D eigenvalue weighted by Gasteiger charge is -2.38. The number of aliphatic hydroxyl groups excluding tert-OH is 1. The van der Waals surface area contributed by atoms with Crippen LogP contribution in [0.2, 0.25) is 0 Å². The van der Waals surface area contributed by atoms with E-state index < -0.39 is 0 Å². The van der Waals surface area contributed by atoms with Gasteiger partial charge in [-0.25, -0.2) is 0 Å². The van der Waals surface area contributed by atoms with Gasteiger partial charge in [-0.1, -0.05) is 40.0 Å². The number of hydrogen-bond acceptors (Lipinski definition) is 1. The highest BCUT2D eigenvalue weighted by Crippen LogP contribution is 2.37. The molecule has 1 aliphatic carbocycles. The third-order valence-electron chi connectivity index (χ3n) is 3.49. The monoisotopic (exact) mass is 184 g/mol. The third kappa shape index (κ3) is 2.70. The fraction of sp³-hybridized carbons (Fsp3) is 1.00. The summed E-state index contributed by atoms with van der Waals surface area (Å²) in [6.45, 7) is 6.75. The maximum Gasteiger partial charge on any atom is 0.0573 e. The molecule has 0 radical (unpaired) electrons. The first-order valence-corrected chi connectivity index (χ1v) is 5.84. The lowest BCUT2D eigenvalue weighted by Crippen LogP contribution is -2.35. The third-order valence-corrected chi connectivity index (χ3v) is 3.49. The van der Waals surface area contributed by atoms with Crippen molar-refractivity contribution in [2.45, 2.75) is 59.0 Å². The zero-order chi connectivity index (χ0) is 9.84. The van der Waals surface area contributed by atoms with Crippen LogP contribution >= 0.6 is 0 Å². The Bertz CT molecular complexity index is 140. The normalized spacial score (nSPS) is 35.3. The Morgan fingerprint density at radius 2 is 2.00 bits per heavy atom. The van der Waals surface area contributed by atoms with E-state index in [9.17, 15) is 5.11 Å². The van der Waals surface area contributed by atoms with Gasteiger partial charge in [0.1, 0.15) is 0 Å². The van der Waals surface area contributed by atoms with E-state index >= 15 is 0 Å². The molecule has 0 aromatic carbocycles. The van der Waals surface area contributed by atoms with Gasteiger partial charge in [-0.2, -0.15) is 0 Å². The minimum Gasteiger partial charge on any atom is -0.393 e. The molecular formula is C12H24O. The number of hydrogen-bond donors (Lipinski definition) is 1. The largest absolute Gasteiger partial charge is 0.393 e. The first kappa shape index (κ1) is 11.0. The first-order chi connectivity index (χ1) is 6.16. The highest BCUT2D eigenvalue weighted by molar-refractivity contribution is 4.83. The van der Waals surface area contributed by atoms with Crippen LogP contribution in [-0.2, 0) is 0 Å². The summed E-state index contributed by atoms with van der Waals surface area (Å²) in [7, 11) is 0. The minimum atomic E-state index is -0.0229. The van der Waals surface area contributed by atoms with E-state index in [2.05, 4.69) is 20.8 Å². The van der Waals surface area contributed by atoms with E-state index in [-0.39, 0.29) is 6.10 Å². The second kappa shape index (κ2) is 4.99. The zero-order valence-electron chi connectivity index (χ0n) is 9.29. The SMILES string of the molecule is CCCC1CCCC(O)C1C(C)C.